The molecule has 0 aromatic carbocycles. The van der Waals surface area contributed by atoms with Gasteiger partial charge in [-0.3, -0.25) is 15.1 Å². The van der Waals surface area contributed by atoms with E-state index in [0.717, 1.165) is 48.5 Å². The zero-order chi connectivity index (χ0) is 16.4. The Morgan fingerprint density at radius 1 is 1.08 bits per heavy atom. The number of hydrazone groups is 1. The lowest BCUT2D eigenvalue weighted by atomic mass is 10.1. The minimum absolute atomic E-state index is 0.653. The number of hydrogen-bond acceptors (Lipinski definition) is 8. The molecule has 0 atom stereocenters. The van der Waals surface area contributed by atoms with Gasteiger partial charge in [0.2, 0.25) is 0 Å². The summed E-state index contributed by atoms with van der Waals surface area (Å²) in [7, 11) is 1.89. The summed E-state index contributed by atoms with van der Waals surface area (Å²) in [5, 5.41) is 9.69. The van der Waals surface area contributed by atoms with Crippen molar-refractivity contribution in [1.82, 2.24) is 29.7 Å². The SMILES string of the molecule is Cn1ncc2c(N3CCC(=NNc4cnccn4)CC3)ncnc21. The van der Waals surface area contributed by atoms with Crippen molar-refractivity contribution in [1.29, 1.82) is 0 Å². The Kier molecular flexibility index (Phi) is 3.73. The van der Waals surface area contributed by atoms with Crippen LogP contribution in [0.15, 0.2) is 36.2 Å². The Bertz CT molecular complexity index is 861. The number of rotatable bonds is 3. The highest BCUT2D eigenvalue weighted by atomic mass is 15.3. The summed E-state index contributed by atoms with van der Waals surface area (Å²) in [4.78, 5) is 19.1. The van der Waals surface area contributed by atoms with Crippen molar-refractivity contribution in [3.63, 3.8) is 0 Å². The predicted molar refractivity (Wildman–Crippen MR) is 90.8 cm³/mol. The highest BCUT2D eigenvalue weighted by Crippen LogP contribution is 2.24. The van der Waals surface area contributed by atoms with Crippen LogP contribution in [0.3, 0.4) is 0 Å². The molecular formula is C15H17N9. The summed E-state index contributed by atoms with van der Waals surface area (Å²) in [5.74, 6) is 1.59. The zero-order valence-corrected chi connectivity index (χ0v) is 13.3. The van der Waals surface area contributed by atoms with Gasteiger partial charge in [0.05, 0.1) is 17.8 Å². The molecule has 1 fully saturated rings. The lowest BCUT2D eigenvalue weighted by Crippen LogP contribution is -2.34. The van der Waals surface area contributed by atoms with Gasteiger partial charge in [0.1, 0.15) is 12.1 Å². The molecule has 1 saturated heterocycles. The maximum Gasteiger partial charge on any atom is 0.164 e. The van der Waals surface area contributed by atoms with Crippen LogP contribution in [0.5, 0.6) is 0 Å². The Labute approximate surface area is 138 Å². The molecule has 0 unspecified atom stereocenters. The third-order valence-corrected chi connectivity index (χ3v) is 4.04. The summed E-state index contributed by atoms with van der Waals surface area (Å²) in [6, 6.07) is 0. The van der Waals surface area contributed by atoms with Gasteiger partial charge in [-0.2, -0.15) is 10.2 Å². The minimum Gasteiger partial charge on any atom is -0.355 e. The molecule has 1 aliphatic rings. The largest absolute Gasteiger partial charge is 0.355 e. The summed E-state index contributed by atoms with van der Waals surface area (Å²) < 4.78 is 1.77. The van der Waals surface area contributed by atoms with E-state index in [1.165, 1.54) is 0 Å². The van der Waals surface area contributed by atoms with Gasteiger partial charge in [-0.05, 0) is 0 Å². The monoisotopic (exact) mass is 323 g/mol. The number of anilines is 2. The number of hydrogen-bond donors (Lipinski definition) is 1. The fourth-order valence-electron chi connectivity index (χ4n) is 2.78. The summed E-state index contributed by atoms with van der Waals surface area (Å²) in [6.45, 7) is 1.73. The number of aromatic nitrogens is 6. The highest BCUT2D eigenvalue weighted by molar-refractivity contribution is 5.90. The Hall–Kier alpha value is -3.10. The van der Waals surface area contributed by atoms with Crippen LogP contribution in [0, 0.1) is 0 Å². The van der Waals surface area contributed by atoms with Crippen LogP contribution in [0.25, 0.3) is 11.0 Å². The van der Waals surface area contributed by atoms with Gasteiger partial charge < -0.3 is 4.90 Å². The van der Waals surface area contributed by atoms with Crippen molar-refractivity contribution in [2.45, 2.75) is 12.8 Å². The first-order valence-corrected chi connectivity index (χ1v) is 7.76. The van der Waals surface area contributed by atoms with Gasteiger partial charge in [-0.25, -0.2) is 15.0 Å². The molecule has 24 heavy (non-hydrogen) atoms. The van der Waals surface area contributed by atoms with Crippen LogP contribution >= 0.6 is 0 Å². The van der Waals surface area contributed by atoms with Gasteiger partial charge >= 0.3 is 0 Å². The van der Waals surface area contributed by atoms with Crippen LogP contribution in [-0.2, 0) is 7.05 Å². The summed E-state index contributed by atoms with van der Waals surface area (Å²) in [5.41, 5.74) is 4.93. The van der Waals surface area contributed by atoms with E-state index in [-0.39, 0.29) is 0 Å². The normalized spacial score (nSPS) is 14.9. The van der Waals surface area contributed by atoms with Crippen molar-refractivity contribution in [3.05, 3.63) is 31.1 Å². The quantitative estimate of drug-likeness (QED) is 0.724. The molecule has 9 nitrogen and oxygen atoms in total. The van der Waals surface area contributed by atoms with E-state index in [1.54, 1.807) is 29.6 Å². The lowest BCUT2D eigenvalue weighted by molar-refractivity contribution is 0.746. The molecule has 1 N–H and O–H groups in total. The fourth-order valence-corrected chi connectivity index (χ4v) is 2.78. The maximum absolute atomic E-state index is 4.45. The molecule has 122 valence electrons. The molecule has 0 saturated carbocycles. The summed E-state index contributed by atoms with van der Waals surface area (Å²) in [6.07, 6.45) is 10.1. The fraction of sp³-hybridized carbons (Fsp3) is 0.333. The van der Waals surface area contributed by atoms with Crippen molar-refractivity contribution in [2.24, 2.45) is 12.1 Å². The highest BCUT2D eigenvalue weighted by Gasteiger charge is 2.19. The number of aryl methyl sites for hydroxylation is 1. The average Bonchev–Trinajstić information content (AvgIpc) is 3.03. The summed E-state index contributed by atoms with van der Waals surface area (Å²) >= 11 is 0. The Morgan fingerprint density at radius 3 is 2.75 bits per heavy atom. The molecule has 3 aromatic heterocycles. The molecule has 0 spiro atoms. The number of nitrogens with zero attached hydrogens (tertiary/aromatic N) is 8. The second-order valence-electron chi connectivity index (χ2n) is 5.57. The molecule has 0 aliphatic carbocycles. The lowest BCUT2D eigenvalue weighted by Gasteiger charge is -2.28. The van der Waals surface area contributed by atoms with E-state index in [1.807, 2.05) is 13.2 Å². The first kappa shape index (κ1) is 14.5. The first-order valence-electron chi connectivity index (χ1n) is 7.76. The van der Waals surface area contributed by atoms with Gasteiger partial charge in [0, 0.05) is 51.1 Å². The number of nitrogens with one attached hydrogen (secondary N) is 1. The molecule has 4 heterocycles. The van der Waals surface area contributed by atoms with E-state index in [4.69, 9.17) is 0 Å². The van der Waals surface area contributed by atoms with E-state index in [0.29, 0.717) is 5.82 Å². The van der Waals surface area contributed by atoms with Crippen LogP contribution in [-0.4, -0.2) is 48.5 Å². The molecule has 1 aliphatic heterocycles. The Morgan fingerprint density at radius 2 is 1.96 bits per heavy atom. The topological polar surface area (TPSA) is 97.0 Å². The van der Waals surface area contributed by atoms with Gasteiger partial charge in [-0.15, -0.1) is 0 Å². The molecular weight excluding hydrogens is 306 g/mol. The second-order valence-corrected chi connectivity index (χ2v) is 5.57. The third-order valence-electron chi connectivity index (χ3n) is 4.04. The van der Waals surface area contributed by atoms with Crippen LogP contribution < -0.4 is 10.3 Å². The van der Waals surface area contributed by atoms with Crippen molar-refractivity contribution in [3.8, 4) is 0 Å². The molecule has 9 heteroatoms. The van der Waals surface area contributed by atoms with Gasteiger partial charge in [0.25, 0.3) is 0 Å². The average molecular weight is 323 g/mol. The smallest absolute Gasteiger partial charge is 0.164 e. The van der Waals surface area contributed by atoms with Crippen molar-refractivity contribution < 1.29 is 0 Å². The minimum atomic E-state index is 0.653. The van der Waals surface area contributed by atoms with Gasteiger partial charge in [-0.1, -0.05) is 0 Å². The van der Waals surface area contributed by atoms with Crippen molar-refractivity contribution in [2.75, 3.05) is 23.4 Å². The third kappa shape index (κ3) is 2.75. The van der Waals surface area contributed by atoms with Crippen LogP contribution in [0.1, 0.15) is 12.8 Å². The van der Waals surface area contributed by atoms with E-state index in [2.05, 4.69) is 40.5 Å². The van der Waals surface area contributed by atoms with E-state index < -0.39 is 0 Å². The number of piperidine rings is 1. The van der Waals surface area contributed by atoms with Crippen LogP contribution in [0.2, 0.25) is 0 Å². The second kappa shape index (κ2) is 6.19. The van der Waals surface area contributed by atoms with Crippen LogP contribution in [0.4, 0.5) is 11.6 Å². The van der Waals surface area contributed by atoms with Gasteiger partial charge in [0.15, 0.2) is 11.5 Å². The number of fused-ring (bicyclic) bond motifs is 1. The Balaban J connectivity index is 1.46. The standard InChI is InChI=1S/C15H17N9/c1-23-14-12(8-20-23)15(19-10-18-14)24-6-2-11(3-7-24)21-22-13-9-16-4-5-17-13/h4-5,8-10H,2-3,6-7H2,1H3,(H,17,22). The van der Waals surface area contributed by atoms with Crippen molar-refractivity contribution >= 4 is 28.4 Å². The molecule has 0 radical (unpaired) electrons. The molecule has 4 rings (SSSR count). The predicted octanol–water partition coefficient (Wildman–Crippen LogP) is 1.22. The molecule has 0 amide bonds. The van der Waals surface area contributed by atoms with E-state index in [9.17, 15) is 0 Å². The maximum atomic E-state index is 4.45. The first-order chi connectivity index (χ1) is 11.8. The zero-order valence-electron chi connectivity index (χ0n) is 13.3. The molecule has 3 aromatic rings. The molecule has 0 bridgehead atoms. The van der Waals surface area contributed by atoms with E-state index >= 15 is 0 Å².